The molecule has 1 aromatic heterocycles. The van der Waals surface area contributed by atoms with Crippen LogP contribution in [0.15, 0.2) is 30.7 Å². The molecule has 1 aliphatic rings. The smallest absolute Gasteiger partial charge is 0.0951 e. The number of nitrogens with zero attached hydrogens (tertiary/aromatic N) is 2. The maximum absolute atomic E-state index is 11.3. The van der Waals surface area contributed by atoms with Crippen LogP contribution in [0.2, 0.25) is 0 Å². The fourth-order valence-electron chi connectivity index (χ4n) is 2.67. The van der Waals surface area contributed by atoms with E-state index in [1.54, 1.807) is 6.26 Å². The molecule has 3 rings (SSSR count). The van der Waals surface area contributed by atoms with Gasteiger partial charge in [0.05, 0.1) is 18.2 Å². The van der Waals surface area contributed by atoms with Gasteiger partial charge in [-0.15, -0.1) is 0 Å². The fraction of sp³-hybridized carbons (Fsp3) is 0.400. The normalized spacial score (nSPS) is 15.4. The molecule has 5 heteroatoms. The van der Waals surface area contributed by atoms with Crippen LogP contribution < -0.4 is 5.32 Å². The van der Waals surface area contributed by atoms with Gasteiger partial charge in [0.25, 0.3) is 0 Å². The Kier molecular flexibility index (Phi) is 3.87. The van der Waals surface area contributed by atoms with Crippen molar-refractivity contribution in [3.05, 3.63) is 36.3 Å². The van der Waals surface area contributed by atoms with E-state index in [-0.39, 0.29) is 0 Å². The third-order valence-corrected chi connectivity index (χ3v) is 4.44. The molecule has 0 saturated heterocycles. The van der Waals surface area contributed by atoms with Crippen LogP contribution in [0.1, 0.15) is 12.0 Å². The van der Waals surface area contributed by atoms with Crippen LogP contribution in [0, 0.1) is 0 Å². The van der Waals surface area contributed by atoms with E-state index in [1.165, 1.54) is 23.2 Å². The number of aromatic nitrogens is 2. The lowest BCUT2D eigenvalue weighted by molar-refractivity contribution is 0.678. The highest BCUT2D eigenvalue weighted by Gasteiger charge is 2.16. The quantitative estimate of drug-likeness (QED) is 0.939. The summed E-state index contributed by atoms with van der Waals surface area (Å²) in [7, 11) is -0.781. The Hall–Kier alpha value is -1.62. The highest BCUT2D eigenvalue weighted by atomic mass is 32.2. The van der Waals surface area contributed by atoms with Crippen molar-refractivity contribution < 1.29 is 4.21 Å². The van der Waals surface area contributed by atoms with Crippen molar-refractivity contribution in [1.82, 2.24) is 9.55 Å². The summed E-state index contributed by atoms with van der Waals surface area (Å²) in [6.45, 7) is 1.76. The molecule has 0 fully saturated rings. The molecule has 0 bridgehead atoms. The molecule has 0 radical (unpaired) electrons. The van der Waals surface area contributed by atoms with Crippen LogP contribution in [-0.2, 0) is 23.8 Å². The zero-order chi connectivity index (χ0) is 13.9. The van der Waals surface area contributed by atoms with Crippen molar-refractivity contribution >= 4 is 16.5 Å². The lowest BCUT2D eigenvalue weighted by Gasteiger charge is -2.21. The summed E-state index contributed by atoms with van der Waals surface area (Å²) in [5.41, 5.74) is 4.90. The Balaban J connectivity index is 1.97. The Morgan fingerprint density at radius 2 is 2.35 bits per heavy atom. The molecule has 1 aromatic carbocycles. The van der Waals surface area contributed by atoms with Crippen LogP contribution in [0.25, 0.3) is 11.3 Å². The number of hydrogen-bond donors (Lipinski definition) is 1. The molecule has 0 amide bonds. The maximum Gasteiger partial charge on any atom is 0.0951 e. The molecule has 1 atom stereocenters. The highest BCUT2D eigenvalue weighted by Crippen LogP contribution is 2.33. The van der Waals surface area contributed by atoms with Gasteiger partial charge >= 0.3 is 0 Å². The zero-order valence-corrected chi connectivity index (χ0v) is 12.4. The molecule has 1 aliphatic heterocycles. The van der Waals surface area contributed by atoms with Crippen molar-refractivity contribution in [1.29, 1.82) is 0 Å². The topological polar surface area (TPSA) is 46.9 Å². The third kappa shape index (κ3) is 2.63. The van der Waals surface area contributed by atoms with Crippen molar-refractivity contribution in [2.75, 3.05) is 23.9 Å². The van der Waals surface area contributed by atoms with Gasteiger partial charge in [0.2, 0.25) is 0 Å². The largest absolute Gasteiger partial charge is 0.384 e. The van der Waals surface area contributed by atoms with Crippen LogP contribution in [-0.4, -0.2) is 32.3 Å². The summed E-state index contributed by atoms with van der Waals surface area (Å²) in [4.78, 5) is 4.26. The van der Waals surface area contributed by atoms with E-state index in [0.29, 0.717) is 5.75 Å². The first kappa shape index (κ1) is 13.4. The number of anilines is 1. The number of imidazole rings is 1. The lowest BCUT2D eigenvalue weighted by atomic mass is 9.98. The predicted octanol–water partition coefficient (Wildman–Crippen LogP) is 2.29. The monoisotopic (exact) mass is 289 g/mol. The van der Waals surface area contributed by atoms with E-state index in [1.807, 2.05) is 12.5 Å². The third-order valence-electron chi connectivity index (χ3n) is 3.68. The molecule has 2 heterocycles. The van der Waals surface area contributed by atoms with E-state index in [0.717, 1.165) is 25.2 Å². The summed E-state index contributed by atoms with van der Waals surface area (Å²) in [5, 5.41) is 3.51. The summed E-state index contributed by atoms with van der Waals surface area (Å²) < 4.78 is 13.4. The average Bonchev–Trinajstić information content (AvgIpc) is 2.92. The lowest BCUT2D eigenvalue weighted by Crippen LogP contribution is -2.13. The molecule has 1 N–H and O–H groups in total. The number of rotatable bonds is 4. The van der Waals surface area contributed by atoms with Gasteiger partial charge in [0.15, 0.2) is 0 Å². The van der Waals surface area contributed by atoms with Gasteiger partial charge in [-0.25, -0.2) is 4.98 Å². The van der Waals surface area contributed by atoms with E-state index >= 15 is 0 Å². The molecule has 20 heavy (non-hydrogen) atoms. The number of benzene rings is 1. The van der Waals surface area contributed by atoms with Gasteiger partial charge in [-0.2, -0.15) is 0 Å². The molecular formula is C15H19N3OS. The molecule has 0 saturated carbocycles. The van der Waals surface area contributed by atoms with Crippen molar-refractivity contribution in [3.63, 3.8) is 0 Å². The van der Waals surface area contributed by atoms with Gasteiger partial charge in [0.1, 0.15) is 0 Å². The number of para-hydroxylation sites is 1. The number of nitrogens with one attached hydrogen (secondary N) is 1. The minimum Gasteiger partial charge on any atom is -0.384 e. The van der Waals surface area contributed by atoms with Crippen molar-refractivity contribution in [3.8, 4) is 11.3 Å². The molecule has 0 aliphatic carbocycles. The zero-order valence-electron chi connectivity index (χ0n) is 11.6. The van der Waals surface area contributed by atoms with Crippen LogP contribution in [0.3, 0.4) is 0 Å². The molecule has 1 unspecified atom stereocenters. The van der Waals surface area contributed by atoms with Crippen LogP contribution in [0.5, 0.6) is 0 Å². The second-order valence-electron chi connectivity index (χ2n) is 5.12. The standard InChI is InChI=1S/C15H19N3OS/c1-20(19)9-8-18-11-16-10-14(18)13-6-2-4-12-5-3-7-17-15(12)13/h2,4,6,10-11,17H,3,5,7-9H2,1H3. The second-order valence-corrected chi connectivity index (χ2v) is 6.67. The predicted molar refractivity (Wildman–Crippen MR) is 83.4 cm³/mol. The molecule has 2 aromatic rings. The fourth-order valence-corrected chi connectivity index (χ4v) is 3.13. The van der Waals surface area contributed by atoms with Crippen LogP contribution in [0.4, 0.5) is 5.69 Å². The SMILES string of the molecule is CS(=O)CCn1cncc1-c1cccc2c1NCCC2. The summed E-state index contributed by atoms with van der Waals surface area (Å²) in [5.74, 6) is 0.659. The van der Waals surface area contributed by atoms with Gasteiger partial charge in [-0.3, -0.25) is 4.21 Å². The first-order valence-electron chi connectivity index (χ1n) is 6.92. The van der Waals surface area contributed by atoms with Crippen molar-refractivity contribution in [2.45, 2.75) is 19.4 Å². The number of hydrogen-bond acceptors (Lipinski definition) is 3. The molecule has 0 spiro atoms. The Morgan fingerprint density at radius 3 is 3.20 bits per heavy atom. The Morgan fingerprint density at radius 1 is 1.45 bits per heavy atom. The average molecular weight is 289 g/mol. The minimum atomic E-state index is -0.781. The molecular weight excluding hydrogens is 270 g/mol. The van der Waals surface area contributed by atoms with Gasteiger partial charge in [-0.1, -0.05) is 18.2 Å². The number of aryl methyl sites for hydroxylation is 2. The molecule has 106 valence electrons. The summed E-state index contributed by atoms with van der Waals surface area (Å²) in [6.07, 6.45) is 7.77. The first-order chi connectivity index (χ1) is 9.75. The van der Waals surface area contributed by atoms with Gasteiger partial charge in [0, 0.05) is 47.1 Å². The molecule has 4 nitrogen and oxygen atoms in total. The maximum atomic E-state index is 11.3. The van der Waals surface area contributed by atoms with E-state index in [2.05, 4.69) is 33.1 Å². The first-order valence-corrected chi connectivity index (χ1v) is 8.65. The number of fused-ring (bicyclic) bond motifs is 1. The highest BCUT2D eigenvalue weighted by molar-refractivity contribution is 7.84. The Bertz CT molecular complexity index is 636. The Labute approximate surface area is 121 Å². The van der Waals surface area contributed by atoms with Gasteiger partial charge < -0.3 is 9.88 Å². The van der Waals surface area contributed by atoms with Crippen LogP contribution >= 0.6 is 0 Å². The van der Waals surface area contributed by atoms with E-state index in [4.69, 9.17) is 0 Å². The van der Waals surface area contributed by atoms with E-state index in [9.17, 15) is 4.21 Å². The van der Waals surface area contributed by atoms with Crippen molar-refractivity contribution in [2.24, 2.45) is 0 Å². The summed E-state index contributed by atoms with van der Waals surface area (Å²) in [6, 6.07) is 6.43. The second kappa shape index (κ2) is 5.79. The minimum absolute atomic E-state index is 0.659. The summed E-state index contributed by atoms with van der Waals surface area (Å²) >= 11 is 0. The van der Waals surface area contributed by atoms with Gasteiger partial charge in [-0.05, 0) is 18.4 Å². The van der Waals surface area contributed by atoms with E-state index < -0.39 is 10.8 Å².